The van der Waals surface area contributed by atoms with Crippen LogP contribution in [0.25, 0.3) is 0 Å². The van der Waals surface area contributed by atoms with Crippen LogP contribution in [-0.2, 0) is 4.79 Å². The van der Waals surface area contributed by atoms with Gasteiger partial charge in [0.25, 0.3) is 0 Å². The highest BCUT2D eigenvalue weighted by atomic mass is 32.1. The van der Waals surface area contributed by atoms with E-state index >= 15 is 0 Å². The molecule has 0 bridgehead atoms. The van der Waals surface area contributed by atoms with Crippen LogP contribution in [-0.4, -0.2) is 34.0 Å². The summed E-state index contributed by atoms with van der Waals surface area (Å²) >= 11 is 1.14. The Morgan fingerprint density at radius 1 is 1.29 bits per heavy atom. The smallest absolute Gasteiger partial charge is 0.355 e. The molecule has 21 heavy (non-hydrogen) atoms. The van der Waals surface area contributed by atoms with E-state index in [2.05, 4.69) is 15.6 Å². The largest absolute Gasteiger partial charge is 0.476 e. The summed E-state index contributed by atoms with van der Waals surface area (Å²) in [6.45, 7) is 5.23. The average Bonchev–Trinajstić information content (AvgIpc) is 2.84. The first kappa shape index (κ1) is 16.9. The molecule has 1 aromatic rings. The number of aromatic carboxylic acids is 1. The molecule has 0 saturated carbocycles. The Kier molecular flexibility index (Phi) is 5.65. The van der Waals surface area contributed by atoms with E-state index in [1.54, 1.807) is 20.8 Å². The molecule has 0 aliphatic heterocycles. The number of amides is 3. The molecule has 0 aliphatic rings. The molecule has 2 unspecified atom stereocenters. The Hall–Kier alpha value is -2.16. The zero-order valence-corrected chi connectivity index (χ0v) is 12.7. The topological polar surface area (TPSA) is 134 Å². The van der Waals surface area contributed by atoms with Crippen molar-refractivity contribution in [2.45, 2.75) is 32.9 Å². The molecule has 8 nitrogen and oxygen atoms in total. The van der Waals surface area contributed by atoms with Gasteiger partial charge in [-0.3, -0.25) is 4.79 Å². The van der Waals surface area contributed by atoms with Crippen molar-refractivity contribution in [1.29, 1.82) is 0 Å². The number of carboxylic acid groups (broad SMARTS) is 1. The zero-order valence-electron chi connectivity index (χ0n) is 11.9. The molecule has 5 N–H and O–H groups in total. The predicted molar refractivity (Wildman–Crippen MR) is 77.0 cm³/mol. The number of thiazole rings is 1. The van der Waals surface area contributed by atoms with Crippen molar-refractivity contribution >= 4 is 29.2 Å². The standard InChI is InChI=1S/C12H18N4O4S/c1-5(2)8(16-12(13)20)9(17)14-6(3)10-15-7(4-21-10)11(18)19/h4-6,8H,1-3H3,(H,14,17)(H,18,19)(H3,13,16,20). The Balaban J connectivity index is 2.75. The summed E-state index contributed by atoms with van der Waals surface area (Å²) in [7, 11) is 0. The lowest BCUT2D eigenvalue weighted by Gasteiger charge is -2.22. The van der Waals surface area contributed by atoms with Crippen LogP contribution < -0.4 is 16.4 Å². The van der Waals surface area contributed by atoms with Gasteiger partial charge >= 0.3 is 12.0 Å². The van der Waals surface area contributed by atoms with Gasteiger partial charge in [0.15, 0.2) is 5.69 Å². The number of carboxylic acids is 1. The minimum absolute atomic E-state index is 0.0632. The molecule has 0 aliphatic carbocycles. The number of hydrogen-bond acceptors (Lipinski definition) is 5. The summed E-state index contributed by atoms with van der Waals surface area (Å²) in [4.78, 5) is 37.7. The molecule has 1 heterocycles. The van der Waals surface area contributed by atoms with Crippen LogP contribution in [0.1, 0.15) is 42.3 Å². The second kappa shape index (κ2) is 7.02. The van der Waals surface area contributed by atoms with Gasteiger partial charge < -0.3 is 21.5 Å². The van der Waals surface area contributed by atoms with Gasteiger partial charge in [-0.2, -0.15) is 0 Å². The van der Waals surface area contributed by atoms with Crippen LogP contribution in [0.15, 0.2) is 5.38 Å². The highest BCUT2D eigenvalue weighted by Crippen LogP contribution is 2.18. The molecule has 2 atom stereocenters. The summed E-state index contributed by atoms with van der Waals surface area (Å²) in [5, 5.41) is 15.8. The van der Waals surface area contributed by atoms with Crippen molar-refractivity contribution in [3.05, 3.63) is 16.1 Å². The van der Waals surface area contributed by atoms with E-state index < -0.39 is 30.0 Å². The van der Waals surface area contributed by atoms with Crippen LogP contribution in [0.3, 0.4) is 0 Å². The SMILES string of the molecule is CC(NC(=O)C(NC(N)=O)C(C)C)c1nc(C(=O)O)cs1. The lowest BCUT2D eigenvalue weighted by Crippen LogP contribution is -2.51. The monoisotopic (exact) mass is 314 g/mol. The fourth-order valence-corrected chi connectivity index (χ4v) is 2.44. The lowest BCUT2D eigenvalue weighted by molar-refractivity contribution is -0.124. The normalized spacial score (nSPS) is 13.5. The first-order valence-electron chi connectivity index (χ1n) is 6.27. The van der Waals surface area contributed by atoms with Gasteiger partial charge in [0, 0.05) is 5.38 Å². The van der Waals surface area contributed by atoms with Crippen molar-refractivity contribution in [3.63, 3.8) is 0 Å². The number of nitrogens with two attached hydrogens (primary N) is 1. The van der Waals surface area contributed by atoms with Gasteiger partial charge in [-0.1, -0.05) is 13.8 Å². The summed E-state index contributed by atoms with van der Waals surface area (Å²) < 4.78 is 0. The van der Waals surface area contributed by atoms with Crippen LogP contribution in [0.2, 0.25) is 0 Å². The highest BCUT2D eigenvalue weighted by molar-refractivity contribution is 7.09. The van der Waals surface area contributed by atoms with E-state index in [1.807, 2.05) is 0 Å². The van der Waals surface area contributed by atoms with Gasteiger partial charge in [-0.05, 0) is 12.8 Å². The average molecular weight is 314 g/mol. The number of urea groups is 1. The van der Waals surface area contributed by atoms with E-state index in [1.165, 1.54) is 5.38 Å². The Morgan fingerprint density at radius 3 is 2.33 bits per heavy atom. The first-order valence-corrected chi connectivity index (χ1v) is 7.15. The van der Waals surface area contributed by atoms with E-state index in [0.717, 1.165) is 11.3 Å². The maximum Gasteiger partial charge on any atom is 0.355 e. The number of rotatable bonds is 6. The number of hydrogen-bond donors (Lipinski definition) is 4. The summed E-state index contributed by atoms with van der Waals surface area (Å²) in [6, 6.07) is -2.01. The maximum atomic E-state index is 12.1. The third-order valence-corrected chi connectivity index (χ3v) is 3.74. The second-order valence-electron chi connectivity index (χ2n) is 4.84. The number of carbonyl (C=O) groups excluding carboxylic acids is 2. The summed E-state index contributed by atoms with van der Waals surface area (Å²) in [5.74, 6) is -1.66. The van der Waals surface area contributed by atoms with Crippen LogP contribution in [0.4, 0.5) is 4.79 Å². The molecule has 3 amide bonds. The van der Waals surface area contributed by atoms with Crippen molar-refractivity contribution in [3.8, 4) is 0 Å². The van der Waals surface area contributed by atoms with E-state index in [-0.39, 0.29) is 11.6 Å². The van der Waals surface area contributed by atoms with Crippen LogP contribution in [0, 0.1) is 5.92 Å². The number of nitrogens with zero attached hydrogens (tertiary/aromatic N) is 1. The fourth-order valence-electron chi connectivity index (χ4n) is 1.64. The lowest BCUT2D eigenvalue weighted by atomic mass is 10.0. The quantitative estimate of drug-likeness (QED) is 0.613. The van der Waals surface area contributed by atoms with E-state index in [9.17, 15) is 14.4 Å². The number of aromatic nitrogens is 1. The molecule has 0 spiro atoms. The molecule has 0 saturated heterocycles. The first-order chi connectivity index (χ1) is 9.72. The second-order valence-corrected chi connectivity index (χ2v) is 5.73. The van der Waals surface area contributed by atoms with Gasteiger partial charge in [-0.25, -0.2) is 14.6 Å². The summed E-state index contributed by atoms with van der Waals surface area (Å²) in [5.41, 5.74) is 4.98. The predicted octanol–water partition coefficient (Wildman–Crippen LogP) is 0.711. The minimum atomic E-state index is -1.12. The van der Waals surface area contributed by atoms with E-state index in [4.69, 9.17) is 10.8 Å². The van der Waals surface area contributed by atoms with Crippen molar-refractivity contribution in [2.24, 2.45) is 11.7 Å². The third kappa shape index (κ3) is 4.71. The third-order valence-electron chi connectivity index (χ3n) is 2.72. The Bertz CT molecular complexity index is 543. The summed E-state index contributed by atoms with van der Waals surface area (Å²) in [6.07, 6.45) is 0. The minimum Gasteiger partial charge on any atom is -0.476 e. The van der Waals surface area contributed by atoms with Crippen LogP contribution >= 0.6 is 11.3 Å². The molecule has 1 aromatic heterocycles. The highest BCUT2D eigenvalue weighted by Gasteiger charge is 2.25. The van der Waals surface area contributed by atoms with Crippen LogP contribution in [0.5, 0.6) is 0 Å². The van der Waals surface area contributed by atoms with Gasteiger partial charge in [0.05, 0.1) is 6.04 Å². The van der Waals surface area contributed by atoms with Gasteiger partial charge in [-0.15, -0.1) is 11.3 Å². The van der Waals surface area contributed by atoms with Gasteiger partial charge in [0.1, 0.15) is 11.0 Å². The molecular weight excluding hydrogens is 296 g/mol. The molecule has 9 heteroatoms. The fraction of sp³-hybridized carbons (Fsp3) is 0.500. The molecule has 116 valence electrons. The Morgan fingerprint density at radius 2 is 1.90 bits per heavy atom. The van der Waals surface area contributed by atoms with Gasteiger partial charge in [0.2, 0.25) is 5.91 Å². The van der Waals surface area contributed by atoms with Crippen molar-refractivity contribution in [2.75, 3.05) is 0 Å². The Labute approximate surface area is 125 Å². The number of primary amides is 1. The van der Waals surface area contributed by atoms with E-state index in [0.29, 0.717) is 5.01 Å². The molecule has 0 radical (unpaired) electrons. The van der Waals surface area contributed by atoms with Crippen molar-refractivity contribution < 1.29 is 19.5 Å². The number of carbonyl (C=O) groups is 3. The molecular formula is C12H18N4O4S. The maximum absolute atomic E-state index is 12.1. The molecule has 0 aromatic carbocycles. The molecule has 0 fully saturated rings. The zero-order chi connectivity index (χ0) is 16.2. The number of nitrogens with one attached hydrogen (secondary N) is 2. The van der Waals surface area contributed by atoms with Crippen molar-refractivity contribution in [1.82, 2.24) is 15.6 Å². The molecule has 1 rings (SSSR count).